The Morgan fingerprint density at radius 3 is 2.53 bits per heavy atom. The van der Waals surface area contributed by atoms with Crippen molar-refractivity contribution in [1.29, 1.82) is 0 Å². The lowest BCUT2D eigenvalue weighted by Gasteiger charge is -2.14. The van der Waals surface area contributed by atoms with Gasteiger partial charge in [0.25, 0.3) is 0 Å². The van der Waals surface area contributed by atoms with Gasteiger partial charge in [0, 0.05) is 25.0 Å². The molecule has 0 aliphatic heterocycles. The first-order chi connectivity index (χ1) is 8.17. The highest BCUT2D eigenvalue weighted by atomic mass is 16.5. The minimum Gasteiger partial charge on any atom is -0.497 e. The monoisotopic (exact) mass is 235 g/mol. The van der Waals surface area contributed by atoms with Crippen LogP contribution in [0.2, 0.25) is 0 Å². The Kier molecular flexibility index (Phi) is 5.07. The SMILES string of the molecule is CCOC(=O)/C=C/N(C)c1ccc(OC)cc1. The van der Waals surface area contributed by atoms with Crippen LogP contribution < -0.4 is 9.64 Å². The van der Waals surface area contributed by atoms with Gasteiger partial charge >= 0.3 is 5.97 Å². The lowest BCUT2D eigenvalue weighted by molar-refractivity contribution is -0.137. The molecule has 0 bridgehead atoms. The summed E-state index contributed by atoms with van der Waals surface area (Å²) in [5.74, 6) is 0.462. The van der Waals surface area contributed by atoms with E-state index in [1.54, 1.807) is 20.2 Å². The molecule has 0 fully saturated rings. The zero-order valence-corrected chi connectivity index (χ0v) is 10.3. The van der Waals surface area contributed by atoms with Crippen molar-refractivity contribution in [1.82, 2.24) is 0 Å². The van der Waals surface area contributed by atoms with Crippen LogP contribution in [0.4, 0.5) is 5.69 Å². The number of hydrogen-bond donors (Lipinski definition) is 0. The van der Waals surface area contributed by atoms with Crippen molar-refractivity contribution >= 4 is 11.7 Å². The lowest BCUT2D eigenvalue weighted by Crippen LogP contribution is -2.09. The molecule has 4 heteroatoms. The molecule has 92 valence electrons. The standard InChI is InChI=1S/C13H17NO3/c1-4-17-13(15)9-10-14(2)11-5-7-12(16-3)8-6-11/h5-10H,4H2,1-3H3/b10-9+. The fraction of sp³-hybridized carbons (Fsp3) is 0.308. The summed E-state index contributed by atoms with van der Waals surface area (Å²) in [5, 5.41) is 0. The van der Waals surface area contributed by atoms with Crippen LogP contribution in [0.3, 0.4) is 0 Å². The van der Waals surface area contributed by atoms with E-state index in [1.165, 1.54) is 6.08 Å². The summed E-state index contributed by atoms with van der Waals surface area (Å²) < 4.78 is 9.86. The van der Waals surface area contributed by atoms with E-state index in [9.17, 15) is 4.79 Å². The Bertz CT molecular complexity index is 384. The molecule has 1 rings (SSSR count). The first-order valence-electron chi connectivity index (χ1n) is 5.39. The van der Waals surface area contributed by atoms with E-state index in [-0.39, 0.29) is 5.97 Å². The summed E-state index contributed by atoms with van der Waals surface area (Å²) in [6.07, 6.45) is 3.06. The van der Waals surface area contributed by atoms with Gasteiger partial charge in [0.05, 0.1) is 13.7 Å². The third kappa shape index (κ3) is 4.18. The van der Waals surface area contributed by atoms with E-state index in [0.717, 1.165) is 11.4 Å². The number of carbonyl (C=O) groups excluding carboxylic acids is 1. The van der Waals surface area contributed by atoms with Crippen molar-refractivity contribution in [3.63, 3.8) is 0 Å². The average Bonchev–Trinajstić information content (AvgIpc) is 2.36. The molecule has 0 amide bonds. The number of rotatable bonds is 5. The molecular formula is C13H17NO3. The predicted molar refractivity (Wildman–Crippen MR) is 67.2 cm³/mol. The van der Waals surface area contributed by atoms with Crippen molar-refractivity contribution in [2.75, 3.05) is 25.7 Å². The molecule has 0 spiro atoms. The first-order valence-corrected chi connectivity index (χ1v) is 5.39. The van der Waals surface area contributed by atoms with E-state index in [2.05, 4.69) is 0 Å². The van der Waals surface area contributed by atoms with Gasteiger partial charge in [-0.05, 0) is 31.2 Å². The summed E-state index contributed by atoms with van der Waals surface area (Å²) in [5.41, 5.74) is 0.964. The van der Waals surface area contributed by atoms with Crippen LogP contribution >= 0.6 is 0 Å². The third-order valence-corrected chi connectivity index (χ3v) is 2.20. The Labute approximate surface area is 101 Å². The van der Waals surface area contributed by atoms with Crippen molar-refractivity contribution < 1.29 is 14.3 Å². The Hall–Kier alpha value is -1.97. The maximum Gasteiger partial charge on any atom is 0.332 e. The summed E-state index contributed by atoms with van der Waals surface area (Å²) >= 11 is 0. The molecule has 0 aromatic heterocycles. The zero-order chi connectivity index (χ0) is 12.7. The number of carbonyl (C=O) groups is 1. The summed E-state index contributed by atoms with van der Waals surface area (Å²) in [7, 11) is 3.48. The van der Waals surface area contributed by atoms with Gasteiger partial charge in [0.1, 0.15) is 5.75 Å². The fourth-order valence-electron chi connectivity index (χ4n) is 1.27. The van der Waals surface area contributed by atoms with Gasteiger partial charge in [-0.25, -0.2) is 4.79 Å². The number of ether oxygens (including phenoxy) is 2. The quantitative estimate of drug-likeness (QED) is 0.579. The highest BCUT2D eigenvalue weighted by Gasteiger charge is 1.99. The molecule has 0 heterocycles. The number of benzene rings is 1. The minimum atomic E-state index is -0.340. The van der Waals surface area contributed by atoms with E-state index in [0.29, 0.717) is 6.61 Å². The molecule has 0 saturated carbocycles. The molecule has 1 aromatic carbocycles. The number of hydrogen-bond acceptors (Lipinski definition) is 4. The van der Waals surface area contributed by atoms with Crippen LogP contribution in [0.5, 0.6) is 5.75 Å². The largest absolute Gasteiger partial charge is 0.497 e. The molecule has 0 saturated heterocycles. The minimum absolute atomic E-state index is 0.340. The average molecular weight is 235 g/mol. The summed E-state index contributed by atoms with van der Waals surface area (Å²) in [6, 6.07) is 7.55. The lowest BCUT2D eigenvalue weighted by atomic mass is 10.3. The van der Waals surface area contributed by atoms with E-state index in [1.807, 2.05) is 36.2 Å². The molecule has 4 nitrogen and oxygen atoms in total. The summed E-state index contributed by atoms with van der Waals surface area (Å²) in [4.78, 5) is 13.0. The van der Waals surface area contributed by atoms with Gasteiger partial charge in [0.15, 0.2) is 0 Å². The number of methoxy groups -OCH3 is 1. The van der Waals surface area contributed by atoms with Gasteiger partial charge in [-0.1, -0.05) is 0 Å². The molecule has 0 atom stereocenters. The van der Waals surface area contributed by atoms with Crippen LogP contribution in [0.15, 0.2) is 36.5 Å². The molecule has 1 aromatic rings. The maximum atomic E-state index is 11.1. The van der Waals surface area contributed by atoms with Gasteiger partial charge in [-0.2, -0.15) is 0 Å². The van der Waals surface area contributed by atoms with Gasteiger partial charge in [-0.15, -0.1) is 0 Å². The second-order valence-corrected chi connectivity index (χ2v) is 3.38. The van der Waals surface area contributed by atoms with Crippen molar-refractivity contribution in [3.8, 4) is 5.75 Å². The molecule has 17 heavy (non-hydrogen) atoms. The highest BCUT2D eigenvalue weighted by Crippen LogP contribution is 2.18. The summed E-state index contributed by atoms with van der Waals surface area (Å²) in [6.45, 7) is 2.16. The van der Waals surface area contributed by atoms with Crippen LogP contribution in [0, 0.1) is 0 Å². The molecule has 0 radical (unpaired) electrons. The Morgan fingerprint density at radius 1 is 1.35 bits per heavy atom. The van der Waals surface area contributed by atoms with Gasteiger partial charge < -0.3 is 14.4 Å². The second-order valence-electron chi connectivity index (χ2n) is 3.38. The van der Waals surface area contributed by atoms with Crippen molar-refractivity contribution in [2.45, 2.75) is 6.92 Å². The number of nitrogens with zero attached hydrogens (tertiary/aromatic N) is 1. The Balaban J connectivity index is 2.62. The zero-order valence-electron chi connectivity index (χ0n) is 10.3. The van der Waals surface area contributed by atoms with Crippen LogP contribution in [-0.4, -0.2) is 26.7 Å². The molecular weight excluding hydrogens is 218 g/mol. The van der Waals surface area contributed by atoms with Crippen LogP contribution in [0.25, 0.3) is 0 Å². The van der Waals surface area contributed by atoms with Gasteiger partial charge in [0.2, 0.25) is 0 Å². The molecule has 0 aliphatic carbocycles. The van der Waals surface area contributed by atoms with Crippen LogP contribution in [0.1, 0.15) is 6.92 Å². The normalized spacial score (nSPS) is 10.3. The molecule has 0 unspecified atom stereocenters. The number of esters is 1. The second kappa shape index (κ2) is 6.58. The van der Waals surface area contributed by atoms with Gasteiger partial charge in [-0.3, -0.25) is 0 Å². The molecule has 0 N–H and O–H groups in total. The van der Waals surface area contributed by atoms with Crippen molar-refractivity contribution in [3.05, 3.63) is 36.5 Å². The van der Waals surface area contributed by atoms with Crippen molar-refractivity contribution in [2.24, 2.45) is 0 Å². The Morgan fingerprint density at radius 2 is 2.00 bits per heavy atom. The third-order valence-electron chi connectivity index (χ3n) is 2.20. The van der Waals surface area contributed by atoms with Crippen LogP contribution in [-0.2, 0) is 9.53 Å². The van der Waals surface area contributed by atoms with E-state index >= 15 is 0 Å². The topological polar surface area (TPSA) is 38.8 Å². The maximum absolute atomic E-state index is 11.1. The highest BCUT2D eigenvalue weighted by molar-refractivity contribution is 5.82. The van der Waals surface area contributed by atoms with E-state index in [4.69, 9.17) is 9.47 Å². The first kappa shape index (κ1) is 13.1. The number of anilines is 1. The smallest absolute Gasteiger partial charge is 0.332 e. The fourth-order valence-corrected chi connectivity index (χ4v) is 1.27. The molecule has 0 aliphatic rings. The predicted octanol–water partition coefficient (Wildman–Crippen LogP) is 2.21. The van der Waals surface area contributed by atoms with E-state index < -0.39 is 0 Å².